The molecule has 0 radical (unpaired) electrons. The predicted molar refractivity (Wildman–Crippen MR) is 81.1 cm³/mol. The molecule has 0 bridgehead atoms. The second-order valence-electron chi connectivity index (χ2n) is 6.58. The summed E-state index contributed by atoms with van der Waals surface area (Å²) in [5.41, 5.74) is 1.87. The summed E-state index contributed by atoms with van der Waals surface area (Å²) >= 11 is 0. The summed E-state index contributed by atoms with van der Waals surface area (Å²) in [6.07, 6.45) is 3.34. The number of esters is 1. The third-order valence-electron chi connectivity index (χ3n) is 5.22. The number of carboxylic acid groups (broad SMARTS) is 1. The highest BCUT2D eigenvalue weighted by Crippen LogP contribution is 2.53. The van der Waals surface area contributed by atoms with E-state index in [0.717, 1.165) is 30.4 Å². The Morgan fingerprint density at radius 2 is 2.14 bits per heavy atom. The molecule has 122 valence electrons. The molecule has 0 amide bonds. The number of carbonyl (C=O) groups is 2. The van der Waals surface area contributed by atoms with Crippen molar-refractivity contribution in [3.8, 4) is 0 Å². The lowest BCUT2D eigenvalue weighted by Crippen LogP contribution is -2.46. The molecule has 2 aliphatic carbocycles. The summed E-state index contributed by atoms with van der Waals surface area (Å²) in [7, 11) is 0. The van der Waals surface area contributed by atoms with Gasteiger partial charge >= 0.3 is 11.9 Å². The van der Waals surface area contributed by atoms with Crippen LogP contribution in [0.25, 0.3) is 0 Å². The average Bonchev–Trinajstić information content (AvgIpc) is 2.45. The first-order valence-electron chi connectivity index (χ1n) is 7.71. The average molecular weight is 308 g/mol. The van der Waals surface area contributed by atoms with E-state index >= 15 is 0 Å². The fourth-order valence-electron chi connectivity index (χ4n) is 3.95. The fraction of sp³-hybridized carbons (Fsp3) is 0.647. The largest absolute Gasteiger partial charge is 0.478 e. The topological polar surface area (TPSA) is 83.8 Å². The standard InChI is InChI=1S/C17H24O5/c1-10(16(20)21)13-7-14-12(9-18)5-4-6-17(14,3)15(8-13)22-11(2)19/h13,15,18H,1,4-9H2,2-3H3,(H,20,21)/t13-,15-,17-/m0/s1. The van der Waals surface area contributed by atoms with Crippen LogP contribution in [0.2, 0.25) is 0 Å². The molecule has 5 nitrogen and oxygen atoms in total. The molecule has 2 rings (SSSR count). The summed E-state index contributed by atoms with van der Waals surface area (Å²) in [5, 5.41) is 18.9. The van der Waals surface area contributed by atoms with Gasteiger partial charge in [-0.25, -0.2) is 4.79 Å². The van der Waals surface area contributed by atoms with Crippen LogP contribution in [0.3, 0.4) is 0 Å². The van der Waals surface area contributed by atoms with Crippen LogP contribution < -0.4 is 0 Å². The van der Waals surface area contributed by atoms with Crippen LogP contribution in [0.15, 0.2) is 23.3 Å². The van der Waals surface area contributed by atoms with E-state index in [2.05, 4.69) is 13.5 Å². The lowest BCUT2D eigenvalue weighted by atomic mass is 9.59. The zero-order valence-electron chi connectivity index (χ0n) is 13.2. The number of carbonyl (C=O) groups excluding carboxylic acids is 1. The van der Waals surface area contributed by atoms with Gasteiger partial charge in [0.05, 0.1) is 6.61 Å². The molecule has 0 aromatic rings. The molecule has 0 spiro atoms. The van der Waals surface area contributed by atoms with Gasteiger partial charge in [0, 0.05) is 17.9 Å². The summed E-state index contributed by atoms with van der Waals surface area (Å²) in [4.78, 5) is 22.7. The predicted octanol–water partition coefficient (Wildman–Crippen LogP) is 2.45. The first-order chi connectivity index (χ1) is 10.3. The second-order valence-corrected chi connectivity index (χ2v) is 6.58. The first kappa shape index (κ1) is 16.7. The molecule has 0 saturated heterocycles. The third-order valence-corrected chi connectivity index (χ3v) is 5.22. The van der Waals surface area contributed by atoms with Gasteiger partial charge in [-0.15, -0.1) is 0 Å². The third kappa shape index (κ3) is 2.95. The van der Waals surface area contributed by atoms with Gasteiger partial charge in [0.1, 0.15) is 6.10 Å². The van der Waals surface area contributed by atoms with E-state index < -0.39 is 5.97 Å². The van der Waals surface area contributed by atoms with Crippen molar-refractivity contribution in [3.05, 3.63) is 23.3 Å². The summed E-state index contributed by atoms with van der Waals surface area (Å²) < 4.78 is 5.53. The number of rotatable bonds is 4. The van der Waals surface area contributed by atoms with Crippen LogP contribution in [0.1, 0.15) is 46.0 Å². The monoisotopic (exact) mass is 308 g/mol. The lowest BCUT2D eigenvalue weighted by molar-refractivity contribution is -0.155. The highest BCUT2D eigenvalue weighted by molar-refractivity contribution is 5.86. The molecule has 1 saturated carbocycles. The molecular weight excluding hydrogens is 284 g/mol. The van der Waals surface area contributed by atoms with Gasteiger partial charge < -0.3 is 14.9 Å². The molecular formula is C17H24O5. The lowest BCUT2D eigenvalue weighted by Gasteiger charge is -2.49. The summed E-state index contributed by atoms with van der Waals surface area (Å²) in [6, 6.07) is 0. The van der Waals surface area contributed by atoms with Crippen molar-refractivity contribution in [3.63, 3.8) is 0 Å². The second kappa shape index (κ2) is 6.24. The minimum absolute atomic E-state index is 0.0238. The molecule has 3 atom stereocenters. The van der Waals surface area contributed by atoms with Gasteiger partial charge in [0.15, 0.2) is 0 Å². The fourth-order valence-corrected chi connectivity index (χ4v) is 3.95. The Kier molecular flexibility index (Phi) is 4.75. The molecule has 0 aromatic carbocycles. The van der Waals surface area contributed by atoms with Gasteiger partial charge in [-0.2, -0.15) is 0 Å². The first-order valence-corrected chi connectivity index (χ1v) is 7.71. The minimum atomic E-state index is -1.02. The van der Waals surface area contributed by atoms with Crippen molar-refractivity contribution in [1.82, 2.24) is 0 Å². The van der Waals surface area contributed by atoms with E-state index in [4.69, 9.17) is 4.74 Å². The van der Waals surface area contributed by atoms with Crippen LogP contribution in [0.4, 0.5) is 0 Å². The number of aliphatic hydroxyl groups is 1. The molecule has 0 aliphatic heterocycles. The van der Waals surface area contributed by atoms with Gasteiger partial charge in [-0.3, -0.25) is 4.79 Å². The summed E-state index contributed by atoms with van der Waals surface area (Å²) in [5.74, 6) is -1.63. The SMILES string of the molecule is C=C(C(=O)O)[C@H]1CC2=C(CO)CCC[C@]2(C)[C@@H](OC(C)=O)C1. The van der Waals surface area contributed by atoms with E-state index in [9.17, 15) is 19.8 Å². The van der Waals surface area contributed by atoms with Crippen LogP contribution in [-0.2, 0) is 14.3 Å². The maximum absolute atomic E-state index is 11.5. The Labute approximate surface area is 130 Å². The zero-order chi connectivity index (χ0) is 16.5. The van der Waals surface area contributed by atoms with E-state index in [1.807, 2.05) is 0 Å². The van der Waals surface area contributed by atoms with Crippen molar-refractivity contribution < 1.29 is 24.5 Å². The van der Waals surface area contributed by atoms with E-state index in [1.54, 1.807) is 0 Å². The molecule has 2 N–H and O–H groups in total. The van der Waals surface area contributed by atoms with Crippen LogP contribution in [0.5, 0.6) is 0 Å². The number of ether oxygens (including phenoxy) is 1. The molecule has 1 fully saturated rings. The van der Waals surface area contributed by atoms with Crippen LogP contribution in [-0.4, -0.2) is 34.9 Å². The van der Waals surface area contributed by atoms with Crippen molar-refractivity contribution in [2.45, 2.75) is 52.1 Å². The Morgan fingerprint density at radius 3 is 2.68 bits per heavy atom. The van der Waals surface area contributed by atoms with Crippen LogP contribution in [0, 0.1) is 11.3 Å². The Morgan fingerprint density at radius 1 is 1.45 bits per heavy atom. The molecule has 22 heavy (non-hydrogen) atoms. The Bertz CT molecular complexity index is 533. The number of aliphatic hydroxyl groups excluding tert-OH is 1. The Balaban J connectivity index is 2.42. The normalized spacial score (nSPS) is 31.4. The maximum atomic E-state index is 11.5. The van der Waals surface area contributed by atoms with Gasteiger partial charge in [0.25, 0.3) is 0 Å². The number of carboxylic acids is 1. The van der Waals surface area contributed by atoms with Crippen molar-refractivity contribution in [1.29, 1.82) is 0 Å². The molecule has 0 unspecified atom stereocenters. The van der Waals surface area contributed by atoms with Crippen molar-refractivity contribution in [2.24, 2.45) is 11.3 Å². The minimum Gasteiger partial charge on any atom is -0.478 e. The molecule has 2 aliphatic rings. The molecule has 0 heterocycles. The van der Waals surface area contributed by atoms with Gasteiger partial charge in [-0.1, -0.05) is 19.1 Å². The number of fused-ring (bicyclic) bond motifs is 1. The number of aliphatic carboxylic acids is 1. The number of hydrogen-bond donors (Lipinski definition) is 2. The quantitative estimate of drug-likeness (QED) is 0.473. The van der Waals surface area contributed by atoms with Gasteiger partial charge in [0.2, 0.25) is 0 Å². The smallest absolute Gasteiger partial charge is 0.331 e. The highest BCUT2D eigenvalue weighted by atomic mass is 16.5. The van der Waals surface area contributed by atoms with Gasteiger partial charge in [-0.05, 0) is 43.6 Å². The van der Waals surface area contributed by atoms with Crippen LogP contribution >= 0.6 is 0 Å². The molecule has 5 heteroatoms. The maximum Gasteiger partial charge on any atom is 0.331 e. The highest BCUT2D eigenvalue weighted by Gasteiger charge is 2.48. The van der Waals surface area contributed by atoms with E-state index in [0.29, 0.717) is 12.8 Å². The van der Waals surface area contributed by atoms with Crippen molar-refractivity contribution in [2.75, 3.05) is 6.61 Å². The Hall–Kier alpha value is -1.62. The summed E-state index contributed by atoms with van der Waals surface area (Å²) in [6.45, 7) is 7.09. The zero-order valence-corrected chi connectivity index (χ0v) is 13.2. The van der Waals surface area contributed by atoms with Crippen molar-refractivity contribution >= 4 is 11.9 Å². The molecule has 0 aromatic heterocycles. The number of hydrogen-bond acceptors (Lipinski definition) is 4. The van der Waals surface area contributed by atoms with E-state index in [-0.39, 0.29) is 35.6 Å². The van der Waals surface area contributed by atoms with E-state index in [1.165, 1.54) is 6.92 Å².